The van der Waals surface area contributed by atoms with E-state index in [0.717, 1.165) is 32.5 Å². The van der Waals surface area contributed by atoms with Crippen LogP contribution in [-0.2, 0) is 6.61 Å². The maximum Gasteiger partial charge on any atom is 0.172 e. The van der Waals surface area contributed by atoms with Crippen LogP contribution in [0.2, 0.25) is 0 Å². The van der Waals surface area contributed by atoms with Gasteiger partial charge in [-0.25, -0.2) is 9.97 Å². The Kier molecular flexibility index (Phi) is 4.08. The fraction of sp³-hybridized carbons (Fsp3) is 0.200. The summed E-state index contributed by atoms with van der Waals surface area (Å²) >= 11 is 1.45. The lowest BCUT2D eigenvalue weighted by Crippen LogP contribution is -1.90. The van der Waals surface area contributed by atoms with Crippen LogP contribution in [0.1, 0.15) is 12.5 Å². The van der Waals surface area contributed by atoms with E-state index in [1.165, 1.54) is 11.8 Å². The van der Waals surface area contributed by atoms with Crippen molar-refractivity contribution < 1.29 is 9.84 Å². The van der Waals surface area contributed by atoms with E-state index in [4.69, 9.17) is 9.84 Å². The van der Waals surface area contributed by atoms with Gasteiger partial charge in [-0.05, 0) is 42.4 Å². The average molecular weight is 301 g/mol. The molecule has 0 fully saturated rings. The lowest BCUT2D eigenvalue weighted by Gasteiger charge is -2.00. The van der Waals surface area contributed by atoms with Gasteiger partial charge in [0, 0.05) is 12.3 Å². The highest BCUT2D eigenvalue weighted by Gasteiger charge is 2.07. The quantitative estimate of drug-likeness (QED) is 0.758. The second-order valence-corrected chi connectivity index (χ2v) is 5.43. The smallest absolute Gasteiger partial charge is 0.172 e. The van der Waals surface area contributed by atoms with Crippen LogP contribution in [0.25, 0.3) is 11.0 Å². The molecule has 1 aromatic carbocycles. The first-order valence-corrected chi connectivity index (χ1v) is 7.46. The van der Waals surface area contributed by atoms with Crippen LogP contribution in [0.5, 0.6) is 5.75 Å². The van der Waals surface area contributed by atoms with Crippen LogP contribution in [-0.4, -0.2) is 26.7 Å². The summed E-state index contributed by atoms with van der Waals surface area (Å²) in [5.41, 5.74) is 2.63. The summed E-state index contributed by atoms with van der Waals surface area (Å²) in [6.07, 6.45) is 1.66. The Morgan fingerprint density at radius 1 is 1.29 bits per heavy atom. The second-order valence-electron chi connectivity index (χ2n) is 4.42. The predicted octanol–water partition coefficient (Wildman–Crippen LogP) is 3.00. The summed E-state index contributed by atoms with van der Waals surface area (Å²) in [7, 11) is 0. The van der Waals surface area contributed by atoms with Gasteiger partial charge in [-0.1, -0.05) is 6.07 Å². The predicted molar refractivity (Wildman–Crippen MR) is 81.5 cm³/mol. The largest absolute Gasteiger partial charge is 0.494 e. The summed E-state index contributed by atoms with van der Waals surface area (Å²) in [6.45, 7) is 2.60. The molecule has 0 atom stereocenters. The summed E-state index contributed by atoms with van der Waals surface area (Å²) < 4.78 is 5.48. The molecule has 6 heteroatoms. The Morgan fingerprint density at radius 3 is 2.90 bits per heavy atom. The number of H-pyrrole nitrogens is 1. The number of aromatic nitrogens is 3. The zero-order chi connectivity index (χ0) is 14.7. The molecule has 5 nitrogen and oxygen atoms in total. The van der Waals surface area contributed by atoms with Crippen LogP contribution in [0.4, 0.5) is 0 Å². The number of rotatable bonds is 5. The van der Waals surface area contributed by atoms with Gasteiger partial charge >= 0.3 is 0 Å². The van der Waals surface area contributed by atoms with Gasteiger partial charge in [-0.2, -0.15) is 0 Å². The Hall–Kier alpha value is -2.05. The summed E-state index contributed by atoms with van der Waals surface area (Å²) in [5, 5.41) is 10.6. The lowest BCUT2D eigenvalue weighted by molar-refractivity contribution is 0.281. The Labute approximate surface area is 126 Å². The molecule has 0 radical (unpaired) electrons. The fourth-order valence-electron chi connectivity index (χ4n) is 1.93. The minimum atomic E-state index is 0.00277. The average Bonchev–Trinajstić information content (AvgIpc) is 2.90. The first-order chi connectivity index (χ1) is 10.3. The van der Waals surface area contributed by atoms with E-state index >= 15 is 0 Å². The van der Waals surface area contributed by atoms with Crippen LogP contribution in [0, 0.1) is 0 Å². The van der Waals surface area contributed by atoms with E-state index in [2.05, 4.69) is 15.0 Å². The van der Waals surface area contributed by atoms with Crippen molar-refractivity contribution in [2.75, 3.05) is 6.61 Å². The van der Waals surface area contributed by atoms with Crippen LogP contribution in [0.15, 0.2) is 46.7 Å². The minimum absolute atomic E-state index is 0.00277. The molecule has 108 valence electrons. The monoisotopic (exact) mass is 301 g/mol. The van der Waals surface area contributed by atoms with Gasteiger partial charge in [0.15, 0.2) is 5.16 Å². The SMILES string of the molecule is CCOc1ccc2nc(Sc3ccc(CO)cn3)[nH]c2c1. The Balaban J connectivity index is 1.83. The van der Waals surface area contributed by atoms with Gasteiger partial charge in [-0.15, -0.1) is 0 Å². The van der Waals surface area contributed by atoms with E-state index in [0.29, 0.717) is 6.61 Å². The highest BCUT2D eigenvalue weighted by molar-refractivity contribution is 7.99. The van der Waals surface area contributed by atoms with Crippen LogP contribution >= 0.6 is 11.8 Å². The van der Waals surface area contributed by atoms with Crippen molar-refractivity contribution in [1.29, 1.82) is 0 Å². The Morgan fingerprint density at radius 2 is 2.19 bits per heavy atom. The summed E-state index contributed by atoms with van der Waals surface area (Å²) in [4.78, 5) is 12.0. The van der Waals surface area contributed by atoms with Gasteiger partial charge in [0.05, 0.1) is 24.2 Å². The van der Waals surface area contributed by atoms with Crippen LogP contribution in [0.3, 0.4) is 0 Å². The number of imidazole rings is 1. The number of aromatic amines is 1. The first-order valence-electron chi connectivity index (χ1n) is 6.64. The van der Waals surface area contributed by atoms with Crippen molar-refractivity contribution in [2.45, 2.75) is 23.7 Å². The molecule has 0 aliphatic heterocycles. The molecule has 0 saturated carbocycles. The van der Waals surface area contributed by atoms with E-state index in [-0.39, 0.29) is 6.61 Å². The molecule has 2 aromatic heterocycles. The van der Waals surface area contributed by atoms with E-state index in [9.17, 15) is 0 Å². The fourth-order valence-corrected chi connectivity index (χ4v) is 2.68. The molecule has 3 aromatic rings. The minimum Gasteiger partial charge on any atom is -0.494 e. The number of ether oxygens (including phenoxy) is 1. The number of hydrogen-bond acceptors (Lipinski definition) is 5. The highest BCUT2D eigenvalue weighted by atomic mass is 32.2. The number of pyridine rings is 1. The number of benzene rings is 1. The molecule has 0 aliphatic carbocycles. The molecule has 0 unspecified atom stereocenters. The molecule has 2 N–H and O–H groups in total. The normalized spacial score (nSPS) is 11.0. The lowest BCUT2D eigenvalue weighted by atomic mass is 10.3. The van der Waals surface area contributed by atoms with Crippen molar-refractivity contribution in [1.82, 2.24) is 15.0 Å². The molecule has 0 aliphatic rings. The maximum atomic E-state index is 9.01. The molecule has 2 heterocycles. The van der Waals surface area contributed by atoms with Crippen molar-refractivity contribution in [3.8, 4) is 5.75 Å². The second kappa shape index (κ2) is 6.15. The first kappa shape index (κ1) is 13.9. The molecule has 0 spiro atoms. The van der Waals surface area contributed by atoms with Crippen LogP contribution < -0.4 is 4.74 Å². The third kappa shape index (κ3) is 3.17. The number of nitrogens with one attached hydrogen (secondary N) is 1. The topological polar surface area (TPSA) is 71.0 Å². The molecular weight excluding hydrogens is 286 g/mol. The van der Waals surface area contributed by atoms with Gasteiger partial charge < -0.3 is 14.8 Å². The number of fused-ring (bicyclic) bond motifs is 1. The standard InChI is InChI=1S/C15H15N3O2S/c1-2-20-11-4-5-12-13(7-11)18-15(17-12)21-14-6-3-10(9-19)8-16-14/h3-8,19H,2,9H2,1H3,(H,17,18). The number of aliphatic hydroxyl groups is 1. The van der Waals surface area contributed by atoms with Gasteiger partial charge in [0.1, 0.15) is 10.8 Å². The van der Waals surface area contributed by atoms with Crippen molar-refractivity contribution in [3.63, 3.8) is 0 Å². The molecule has 0 saturated heterocycles. The molecule has 3 rings (SSSR count). The zero-order valence-electron chi connectivity index (χ0n) is 11.5. The van der Waals surface area contributed by atoms with E-state index in [1.807, 2.05) is 37.3 Å². The van der Waals surface area contributed by atoms with Gasteiger partial charge in [0.2, 0.25) is 0 Å². The maximum absolute atomic E-state index is 9.01. The van der Waals surface area contributed by atoms with Crippen molar-refractivity contribution in [2.24, 2.45) is 0 Å². The van der Waals surface area contributed by atoms with Crippen molar-refractivity contribution >= 4 is 22.8 Å². The molecule has 0 amide bonds. The summed E-state index contributed by atoms with van der Waals surface area (Å²) in [6, 6.07) is 9.51. The number of aliphatic hydroxyl groups excluding tert-OH is 1. The zero-order valence-corrected chi connectivity index (χ0v) is 12.4. The molecule has 0 bridgehead atoms. The third-order valence-electron chi connectivity index (χ3n) is 2.92. The summed E-state index contributed by atoms with van der Waals surface area (Å²) in [5.74, 6) is 0.829. The number of nitrogens with zero attached hydrogens (tertiary/aromatic N) is 2. The third-order valence-corrected chi connectivity index (χ3v) is 3.76. The van der Waals surface area contributed by atoms with Crippen molar-refractivity contribution in [3.05, 3.63) is 42.1 Å². The van der Waals surface area contributed by atoms with E-state index in [1.54, 1.807) is 6.20 Å². The van der Waals surface area contributed by atoms with Gasteiger partial charge in [0.25, 0.3) is 0 Å². The highest BCUT2D eigenvalue weighted by Crippen LogP contribution is 2.27. The van der Waals surface area contributed by atoms with Gasteiger partial charge in [-0.3, -0.25) is 0 Å². The number of hydrogen-bond donors (Lipinski definition) is 2. The molecule has 21 heavy (non-hydrogen) atoms. The molecular formula is C15H15N3O2S. The van der Waals surface area contributed by atoms with E-state index < -0.39 is 0 Å². The Bertz CT molecular complexity index is 740.